The summed E-state index contributed by atoms with van der Waals surface area (Å²) in [4.78, 5) is 0. The lowest BCUT2D eigenvalue weighted by Crippen LogP contribution is -2.28. The van der Waals surface area contributed by atoms with E-state index in [4.69, 9.17) is 0 Å². The summed E-state index contributed by atoms with van der Waals surface area (Å²) in [5.41, 5.74) is 26.8. The van der Waals surface area contributed by atoms with Crippen LogP contribution in [0.25, 0.3) is 121 Å². The predicted octanol–water partition coefficient (Wildman–Crippen LogP) is 20.0. The van der Waals surface area contributed by atoms with E-state index in [1.54, 1.807) is 0 Å². The van der Waals surface area contributed by atoms with Crippen molar-refractivity contribution in [3.05, 3.63) is 336 Å². The third-order valence-corrected chi connectivity index (χ3v) is 19.3. The molecule has 2 nitrogen and oxygen atoms in total. The standard InChI is InChI=1S/C80H48N2/c1-7-25-49(26-8-1)71-73-59-41-23-39-57-64-46-68-62(56-38-20-22-44-66(56)80(68,53-33-15-5-16-34-53)54-35-17-6-18-36-54)48-70(64)82(75(57)59)78(73)72(50-27-9-2-10-28-50)74-60-42-24-40-58-63-45-67-61(47-69(63)81(76(58)60)77(71)74)55-37-19-21-43-65(55)79(67,51-29-11-3-12-30-51)52-31-13-4-14-32-52/h1-48H. The van der Waals surface area contributed by atoms with Crippen LogP contribution in [0, 0.1) is 0 Å². The van der Waals surface area contributed by atoms with Crippen LogP contribution < -0.4 is 0 Å². The molecule has 0 saturated heterocycles. The Balaban J connectivity index is 1.01. The van der Waals surface area contributed by atoms with E-state index in [-0.39, 0.29) is 0 Å². The maximum Gasteiger partial charge on any atom is 0.0713 e. The van der Waals surface area contributed by atoms with Gasteiger partial charge in [0.2, 0.25) is 0 Å². The van der Waals surface area contributed by atoms with Crippen molar-refractivity contribution in [2.75, 3.05) is 0 Å². The van der Waals surface area contributed by atoms with Crippen LogP contribution in [0.2, 0.25) is 0 Å². The highest BCUT2D eigenvalue weighted by Gasteiger charge is 2.48. The fourth-order valence-electron chi connectivity index (χ4n) is 16.3. The molecule has 0 fully saturated rings. The lowest BCUT2D eigenvalue weighted by atomic mass is 9.67. The van der Waals surface area contributed by atoms with Gasteiger partial charge < -0.3 is 8.80 Å². The van der Waals surface area contributed by atoms with Crippen LogP contribution in [0.3, 0.4) is 0 Å². The summed E-state index contributed by atoms with van der Waals surface area (Å²) in [5, 5.41) is 10.1. The minimum absolute atomic E-state index is 0.519. The zero-order valence-corrected chi connectivity index (χ0v) is 44.6. The van der Waals surface area contributed by atoms with Gasteiger partial charge in [0.15, 0.2) is 0 Å². The molecule has 2 heteroatoms. The normalized spacial score (nSPS) is 14.0. The summed E-state index contributed by atoms with van der Waals surface area (Å²) < 4.78 is 5.36. The van der Waals surface area contributed by atoms with E-state index in [0.717, 1.165) is 0 Å². The van der Waals surface area contributed by atoms with Gasteiger partial charge in [0.25, 0.3) is 0 Å². The van der Waals surface area contributed by atoms with E-state index in [9.17, 15) is 0 Å². The molecule has 0 aliphatic heterocycles. The minimum atomic E-state index is -0.519. The van der Waals surface area contributed by atoms with Gasteiger partial charge in [-0.2, -0.15) is 0 Å². The van der Waals surface area contributed by atoms with Gasteiger partial charge in [0.1, 0.15) is 0 Å². The van der Waals surface area contributed by atoms with Crippen LogP contribution in [0.1, 0.15) is 44.5 Å². The summed E-state index contributed by atoms with van der Waals surface area (Å²) in [6, 6.07) is 110. The van der Waals surface area contributed by atoms with Crippen LogP contribution in [0.15, 0.2) is 291 Å². The van der Waals surface area contributed by atoms with Crippen molar-refractivity contribution in [2.45, 2.75) is 10.8 Å². The summed E-state index contributed by atoms with van der Waals surface area (Å²) in [6.45, 7) is 0. The second kappa shape index (κ2) is 16.1. The number of nitrogens with zero attached hydrogens (tertiary/aromatic N) is 2. The number of para-hydroxylation sites is 2. The summed E-state index contributed by atoms with van der Waals surface area (Å²) >= 11 is 0. The van der Waals surface area contributed by atoms with Gasteiger partial charge in [0, 0.05) is 54.2 Å². The van der Waals surface area contributed by atoms with Crippen molar-refractivity contribution in [3.63, 3.8) is 0 Å². The minimum Gasteiger partial charge on any atom is -0.307 e. The van der Waals surface area contributed by atoms with E-state index in [1.807, 2.05) is 0 Å². The summed E-state index contributed by atoms with van der Waals surface area (Å²) in [6.07, 6.45) is 0. The zero-order valence-electron chi connectivity index (χ0n) is 44.6. The molecule has 2 aliphatic rings. The first-order valence-electron chi connectivity index (χ1n) is 28.8. The molecule has 0 atom stereocenters. The molecule has 0 amide bonds. The molecule has 13 aromatic carbocycles. The topological polar surface area (TPSA) is 8.82 Å². The van der Waals surface area contributed by atoms with Gasteiger partial charge >= 0.3 is 0 Å². The molecule has 378 valence electrons. The number of hydrogen-bond acceptors (Lipinski definition) is 0. The Labute approximate surface area is 473 Å². The highest BCUT2D eigenvalue weighted by molar-refractivity contribution is 6.38. The van der Waals surface area contributed by atoms with E-state index in [2.05, 4.69) is 300 Å². The summed E-state index contributed by atoms with van der Waals surface area (Å²) in [7, 11) is 0. The third-order valence-electron chi connectivity index (χ3n) is 19.3. The van der Waals surface area contributed by atoms with Crippen LogP contribution in [0.4, 0.5) is 0 Å². The highest BCUT2D eigenvalue weighted by Crippen LogP contribution is 2.61. The van der Waals surface area contributed by atoms with E-state index in [1.165, 1.54) is 165 Å². The Morgan fingerprint density at radius 1 is 0.220 bits per heavy atom. The smallest absolute Gasteiger partial charge is 0.0713 e. The van der Waals surface area contributed by atoms with Crippen LogP contribution >= 0.6 is 0 Å². The van der Waals surface area contributed by atoms with Crippen molar-refractivity contribution >= 4 is 76.2 Å². The average molecular weight is 1040 g/mol. The first-order valence-corrected chi connectivity index (χ1v) is 28.8. The molecule has 17 aromatic rings. The molecule has 19 rings (SSSR count). The Hall–Kier alpha value is -10.5. The number of fused-ring (bicyclic) bond motifs is 18. The lowest BCUT2D eigenvalue weighted by Gasteiger charge is -2.34. The van der Waals surface area contributed by atoms with Crippen LogP contribution in [0.5, 0.6) is 0 Å². The Bertz CT molecular complexity index is 5040. The maximum atomic E-state index is 2.68. The number of hydrogen-bond donors (Lipinski definition) is 0. The molecule has 0 bridgehead atoms. The lowest BCUT2D eigenvalue weighted by molar-refractivity contribution is 0.769. The van der Waals surface area contributed by atoms with Gasteiger partial charge in [-0.15, -0.1) is 0 Å². The number of rotatable bonds is 6. The van der Waals surface area contributed by atoms with Crippen molar-refractivity contribution < 1.29 is 0 Å². The molecular weight excluding hydrogens is 989 g/mol. The molecule has 82 heavy (non-hydrogen) atoms. The van der Waals surface area contributed by atoms with Crippen LogP contribution in [-0.2, 0) is 10.8 Å². The Kier molecular flexibility index (Phi) is 8.69. The zero-order chi connectivity index (χ0) is 53.4. The average Bonchev–Trinajstić information content (AvgIpc) is 2.26. The Morgan fingerprint density at radius 2 is 0.537 bits per heavy atom. The second-order valence-corrected chi connectivity index (χ2v) is 22.9. The van der Waals surface area contributed by atoms with Crippen molar-refractivity contribution in [3.8, 4) is 44.5 Å². The molecule has 2 aliphatic carbocycles. The first-order chi connectivity index (χ1) is 40.7. The monoisotopic (exact) mass is 1040 g/mol. The number of aromatic nitrogens is 2. The van der Waals surface area contributed by atoms with Gasteiger partial charge in [-0.25, -0.2) is 0 Å². The van der Waals surface area contributed by atoms with Crippen LogP contribution in [-0.4, -0.2) is 8.80 Å². The first kappa shape index (κ1) is 44.3. The second-order valence-electron chi connectivity index (χ2n) is 22.9. The van der Waals surface area contributed by atoms with Crippen molar-refractivity contribution in [2.24, 2.45) is 0 Å². The molecule has 4 aromatic heterocycles. The number of benzene rings is 13. The van der Waals surface area contributed by atoms with Crippen molar-refractivity contribution in [1.29, 1.82) is 0 Å². The maximum absolute atomic E-state index is 2.68. The fourth-order valence-corrected chi connectivity index (χ4v) is 16.3. The molecule has 4 heterocycles. The van der Waals surface area contributed by atoms with E-state index < -0.39 is 10.8 Å². The Morgan fingerprint density at radius 3 is 0.902 bits per heavy atom. The largest absolute Gasteiger partial charge is 0.307 e. The SMILES string of the molecule is c1ccc(-c2c3c4cccc5c6cc7c(cc6n(c3c(-c3ccccc3)c3c6cccc8c9cc%10c(cc9n(c23)c86)-c2ccccc2C%10(c2ccccc2)c2ccccc2)c54)-c2ccccc2C7(c2ccccc2)c2ccccc2)cc1. The highest BCUT2D eigenvalue weighted by atomic mass is 14.9. The van der Waals surface area contributed by atoms with Gasteiger partial charge in [0.05, 0.1) is 43.9 Å². The third kappa shape index (κ3) is 5.32. The predicted molar refractivity (Wildman–Crippen MR) is 341 cm³/mol. The van der Waals surface area contributed by atoms with E-state index in [0.29, 0.717) is 0 Å². The molecule has 0 unspecified atom stereocenters. The molecule has 0 N–H and O–H groups in total. The molecule has 0 saturated carbocycles. The van der Waals surface area contributed by atoms with Gasteiger partial charge in [-0.05, 0) is 102 Å². The summed E-state index contributed by atoms with van der Waals surface area (Å²) in [5.74, 6) is 0. The molecule has 0 radical (unpaired) electrons. The molecule has 0 spiro atoms. The van der Waals surface area contributed by atoms with Gasteiger partial charge in [-0.3, -0.25) is 0 Å². The molecular formula is C80H48N2. The van der Waals surface area contributed by atoms with Gasteiger partial charge in [-0.1, -0.05) is 267 Å². The van der Waals surface area contributed by atoms with E-state index >= 15 is 0 Å². The van der Waals surface area contributed by atoms with Crippen molar-refractivity contribution in [1.82, 2.24) is 8.80 Å². The fraction of sp³-hybridized carbons (Fsp3) is 0.0250. The quantitative estimate of drug-likeness (QED) is 0.157.